The number of carbonyl (C=O) groups is 1. The number of pyridine rings is 1. The van der Waals surface area contributed by atoms with Crippen molar-refractivity contribution >= 4 is 22.5 Å². The predicted molar refractivity (Wildman–Crippen MR) is 126 cm³/mol. The van der Waals surface area contributed by atoms with Crippen molar-refractivity contribution in [3.63, 3.8) is 0 Å². The lowest BCUT2D eigenvalue weighted by molar-refractivity contribution is 0.102. The molecule has 4 aromatic rings. The highest BCUT2D eigenvalue weighted by Gasteiger charge is 2.15. The van der Waals surface area contributed by atoms with Gasteiger partial charge in [-0.3, -0.25) is 14.7 Å². The first kappa shape index (κ1) is 20.3. The van der Waals surface area contributed by atoms with Crippen molar-refractivity contribution in [1.82, 2.24) is 9.88 Å². The van der Waals surface area contributed by atoms with Crippen LogP contribution in [-0.2, 0) is 6.54 Å². The highest BCUT2D eigenvalue weighted by Crippen LogP contribution is 2.24. The van der Waals surface area contributed by atoms with Gasteiger partial charge in [0, 0.05) is 23.8 Å². The van der Waals surface area contributed by atoms with Crippen LogP contribution in [0.1, 0.15) is 28.8 Å². The summed E-state index contributed by atoms with van der Waals surface area (Å²) in [4.78, 5) is 19.7. The normalized spacial score (nSPS) is 14.0. The SMILES string of the molecule is O=C(Nc1ccc2cc(CN3CCCC3)cnc2c1)c1ccc(-c2ccccc2)cc1F. The molecule has 1 saturated heterocycles. The van der Waals surface area contributed by atoms with Gasteiger partial charge in [-0.1, -0.05) is 42.5 Å². The van der Waals surface area contributed by atoms with Crippen LogP contribution in [0, 0.1) is 5.82 Å². The number of benzene rings is 3. The van der Waals surface area contributed by atoms with E-state index < -0.39 is 11.7 Å². The molecule has 160 valence electrons. The summed E-state index contributed by atoms with van der Waals surface area (Å²) in [7, 11) is 0. The first-order chi connectivity index (χ1) is 15.7. The number of halogens is 1. The van der Waals surface area contributed by atoms with Crippen LogP contribution >= 0.6 is 0 Å². The predicted octanol–water partition coefficient (Wildman–Crippen LogP) is 5.89. The fourth-order valence-corrected chi connectivity index (χ4v) is 4.24. The van der Waals surface area contributed by atoms with Crippen molar-refractivity contribution < 1.29 is 9.18 Å². The van der Waals surface area contributed by atoms with Crippen LogP contribution in [-0.4, -0.2) is 28.9 Å². The summed E-state index contributed by atoms with van der Waals surface area (Å²) in [6.45, 7) is 3.21. The van der Waals surface area contributed by atoms with Crippen LogP contribution in [0.4, 0.5) is 10.1 Å². The summed E-state index contributed by atoms with van der Waals surface area (Å²) in [5.41, 5.74) is 4.24. The highest BCUT2D eigenvalue weighted by molar-refractivity contribution is 6.05. The molecule has 3 aromatic carbocycles. The van der Waals surface area contributed by atoms with E-state index in [2.05, 4.69) is 21.3 Å². The van der Waals surface area contributed by atoms with Gasteiger partial charge >= 0.3 is 0 Å². The number of hydrogen-bond acceptors (Lipinski definition) is 3. The summed E-state index contributed by atoms with van der Waals surface area (Å²) < 4.78 is 14.7. The number of aromatic nitrogens is 1. The van der Waals surface area contributed by atoms with Crippen LogP contribution in [0.3, 0.4) is 0 Å². The van der Waals surface area contributed by atoms with Crippen molar-refractivity contribution in [3.05, 3.63) is 95.9 Å². The lowest BCUT2D eigenvalue weighted by Crippen LogP contribution is -2.18. The molecule has 0 unspecified atom stereocenters. The van der Waals surface area contributed by atoms with Crippen molar-refractivity contribution in [1.29, 1.82) is 0 Å². The third-order valence-corrected chi connectivity index (χ3v) is 5.92. The Bertz CT molecular complexity index is 1270. The van der Waals surface area contributed by atoms with Gasteiger partial charge in [0.2, 0.25) is 0 Å². The fourth-order valence-electron chi connectivity index (χ4n) is 4.24. The van der Waals surface area contributed by atoms with E-state index >= 15 is 0 Å². The smallest absolute Gasteiger partial charge is 0.258 e. The summed E-state index contributed by atoms with van der Waals surface area (Å²) in [5, 5.41) is 3.82. The summed E-state index contributed by atoms with van der Waals surface area (Å²) in [6.07, 6.45) is 4.42. The molecule has 2 heterocycles. The first-order valence-corrected chi connectivity index (χ1v) is 10.9. The lowest BCUT2D eigenvalue weighted by Gasteiger charge is -2.14. The minimum atomic E-state index is -0.547. The number of nitrogens with one attached hydrogen (secondary N) is 1. The third kappa shape index (κ3) is 4.39. The van der Waals surface area contributed by atoms with Gasteiger partial charge in [0.1, 0.15) is 5.82 Å². The molecule has 0 radical (unpaired) electrons. The standard InChI is InChI=1S/C27H24FN3O/c28-25-15-21(20-6-2-1-3-7-20)9-11-24(25)27(32)30-23-10-8-22-14-19(17-29-26(22)16-23)18-31-12-4-5-13-31/h1-3,6-11,14-17H,4-5,12-13,18H2,(H,30,32). The molecule has 0 bridgehead atoms. The minimum Gasteiger partial charge on any atom is -0.322 e. The van der Waals surface area contributed by atoms with Crippen molar-refractivity contribution in [2.45, 2.75) is 19.4 Å². The number of likely N-dealkylation sites (tertiary alicyclic amines) is 1. The average Bonchev–Trinajstić information content (AvgIpc) is 3.32. The van der Waals surface area contributed by atoms with E-state index in [9.17, 15) is 9.18 Å². The minimum absolute atomic E-state index is 0.0127. The molecule has 0 saturated carbocycles. The number of rotatable bonds is 5. The molecular formula is C27H24FN3O. The van der Waals surface area contributed by atoms with E-state index in [4.69, 9.17) is 0 Å². The Morgan fingerprint density at radius 1 is 0.938 bits per heavy atom. The molecule has 32 heavy (non-hydrogen) atoms. The van der Waals surface area contributed by atoms with Crippen molar-refractivity contribution in [2.75, 3.05) is 18.4 Å². The summed E-state index contributed by atoms with van der Waals surface area (Å²) in [5.74, 6) is -1.03. The maximum atomic E-state index is 14.7. The van der Waals surface area contributed by atoms with Gasteiger partial charge in [-0.2, -0.15) is 0 Å². The molecule has 0 aliphatic carbocycles. The molecule has 0 atom stereocenters. The second kappa shape index (κ2) is 8.89. The largest absolute Gasteiger partial charge is 0.322 e. The van der Waals surface area contributed by atoms with Crippen LogP contribution in [0.5, 0.6) is 0 Å². The maximum Gasteiger partial charge on any atom is 0.258 e. The molecular weight excluding hydrogens is 401 g/mol. The van der Waals surface area contributed by atoms with E-state index in [1.165, 1.54) is 30.5 Å². The Balaban J connectivity index is 1.32. The van der Waals surface area contributed by atoms with Gasteiger partial charge in [0.15, 0.2) is 0 Å². The Hall–Kier alpha value is -3.57. The number of fused-ring (bicyclic) bond motifs is 1. The molecule has 1 amide bonds. The quantitative estimate of drug-likeness (QED) is 0.434. The molecule has 1 aromatic heterocycles. The van der Waals surface area contributed by atoms with Gasteiger partial charge in [0.05, 0.1) is 11.1 Å². The zero-order valence-corrected chi connectivity index (χ0v) is 17.7. The molecule has 1 aliphatic heterocycles. The van der Waals surface area contributed by atoms with Gasteiger partial charge in [0.25, 0.3) is 5.91 Å². The zero-order valence-electron chi connectivity index (χ0n) is 17.7. The fraction of sp³-hybridized carbons (Fsp3) is 0.185. The number of amides is 1. The van der Waals surface area contributed by atoms with Crippen LogP contribution in [0.2, 0.25) is 0 Å². The van der Waals surface area contributed by atoms with E-state index in [1.807, 2.05) is 54.7 Å². The summed E-state index contributed by atoms with van der Waals surface area (Å²) >= 11 is 0. The summed E-state index contributed by atoms with van der Waals surface area (Å²) in [6, 6.07) is 22.0. The number of carbonyl (C=O) groups excluding carboxylic acids is 1. The topological polar surface area (TPSA) is 45.2 Å². The van der Waals surface area contributed by atoms with Crippen LogP contribution in [0.25, 0.3) is 22.0 Å². The Labute approximate surface area is 186 Å². The molecule has 1 aliphatic rings. The van der Waals surface area contributed by atoms with E-state index in [1.54, 1.807) is 6.07 Å². The Kier molecular flexibility index (Phi) is 5.65. The molecule has 5 heteroatoms. The second-order valence-corrected chi connectivity index (χ2v) is 8.25. The Morgan fingerprint density at radius 2 is 1.75 bits per heavy atom. The average molecular weight is 426 g/mol. The van der Waals surface area contributed by atoms with Gasteiger partial charge in [-0.15, -0.1) is 0 Å². The molecule has 1 N–H and O–H groups in total. The maximum absolute atomic E-state index is 14.7. The highest BCUT2D eigenvalue weighted by atomic mass is 19.1. The lowest BCUT2D eigenvalue weighted by atomic mass is 10.0. The van der Waals surface area contributed by atoms with E-state index in [0.717, 1.165) is 41.7 Å². The van der Waals surface area contributed by atoms with Gasteiger partial charge in [-0.05, 0) is 73.0 Å². The number of nitrogens with zero attached hydrogens (tertiary/aromatic N) is 2. The second-order valence-electron chi connectivity index (χ2n) is 8.25. The third-order valence-electron chi connectivity index (χ3n) is 5.92. The van der Waals surface area contributed by atoms with E-state index in [-0.39, 0.29) is 5.56 Å². The molecule has 4 nitrogen and oxygen atoms in total. The Morgan fingerprint density at radius 3 is 2.53 bits per heavy atom. The zero-order chi connectivity index (χ0) is 21.9. The van der Waals surface area contributed by atoms with Crippen molar-refractivity contribution in [2.24, 2.45) is 0 Å². The monoisotopic (exact) mass is 425 g/mol. The van der Waals surface area contributed by atoms with Crippen LogP contribution in [0.15, 0.2) is 79.0 Å². The van der Waals surface area contributed by atoms with E-state index in [0.29, 0.717) is 5.69 Å². The van der Waals surface area contributed by atoms with Gasteiger partial charge in [-0.25, -0.2) is 4.39 Å². The van der Waals surface area contributed by atoms with Crippen molar-refractivity contribution in [3.8, 4) is 11.1 Å². The molecule has 5 rings (SSSR count). The number of anilines is 1. The molecule has 0 spiro atoms. The van der Waals surface area contributed by atoms with Crippen LogP contribution < -0.4 is 5.32 Å². The number of hydrogen-bond donors (Lipinski definition) is 1. The van der Waals surface area contributed by atoms with Gasteiger partial charge < -0.3 is 5.32 Å². The first-order valence-electron chi connectivity index (χ1n) is 10.9. The molecule has 1 fully saturated rings.